The summed E-state index contributed by atoms with van der Waals surface area (Å²) in [5, 5.41) is 4.74. The number of hydrogen-bond acceptors (Lipinski definition) is 6. The third kappa shape index (κ3) is 4.19. The number of hydrogen-bond donors (Lipinski definition) is 1. The lowest BCUT2D eigenvalue weighted by atomic mass is 9.95. The number of ether oxygens (including phenoxy) is 1. The first-order valence-corrected chi connectivity index (χ1v) is 12.5. The zero-order valence-electron chi connectivity index (χ0n) is 20.8. The molecule has 0 unspecified atom stereocenters. The number of nitrogens with one attached hydrogen (secondary N) is 1. The molecular formula is C26H36N6O2. The minimum atomic E-state index is -0.136. The van der Waals surface area contributed by atoms with Crippen molar-refractivity contribution in [2.24, 2.45) is 0 Å². The van der Waals surface area contributed by atoms with E-state index in [4.69, 9.17) is 14.8 Å². The molecule has 1 aliphatic heterocycles. The third-order valence-electron chi connectivity index (χ3n) is 7.65. The van der Waals surface area contributed by atoms with Gasteiger partial charge in [0.1, 0.15) is 17.1 Å². The first-order chi connectivity index (χ1) is 16.5. The molecule has 34 heavy (non-hydrogen) atoms. The monoisotopic (exact) mass is 464 g/mol. The average molecular weight is 465 g/mol. The van der Waals surface area contributed by atoms with E-state index in [1.807, 2.05) is 17.7 Å². The highest BCUT2D eigenvalue weighted by Crippen LogP contribution is 2.34. The Morgan fingerprint density at radius 2 is 1.82 bits per heavy atom. The molecule has 1 saturated carbocycles. The predicted octanol–water partition coefficient (Wildman–Crippen LogP) is 4.14. The lowest BCUT2D eigenvalue weighted by Crippen LogP contribution is -2.41. The summed E-state index contributed by atoms with van der Waals surface area (Å²) in [6.45, 7) is 3.98. The minimum absolute atomic E-state index is 0.136. The van der Waals surface area contributed by atoms with Crippen LogP contribution in [0.25, 0.3) is 22.4 Å². The lowest BCUT2D eigenvalue weighted by Gasteiger charge is -2.36. The van der Waals surface area contributed by atoms with Gasteiger partial charge in [-0.3, -0.25) is 9.48 Å². The van der Waals surface area contributed by atoms with E-state index in [-0.39, 0.29) is 11.6 Å². The largest absolute Gasteiger partial charge is 0.496 e. The second-order valence-electron chi connectivity index (χ2n) is 10.00. The van der Waals surface area contributed by atoms with E-state index in [0.717, 1.165) is 55.7 Å². The van der Waals surface area contributed by atoms with Crippen LogP contribution in [0.4, 0.5) is 5.69 Å². The van der Waals surface area contributed by atoms with Gasteiger partial charge in [-0.25, -0.2) is 4.98 Å². The normalized spacial score (nSPS) is 18.2. The smallest absolute Gasteiger partial charge is 0.277 e. The van der Waals surface area contributed by atoms with Gasteiger partial charge in [-0.15, -0.1) is 0 Å². The topological polar surface area (TPSA) is 79.3 Å². The summed E-state index contributed by atoms with van der Waals surface area (Å²) < 4.78 is 7.68. The molecule has 8 heteroatoms. The van der Waals surface area contributed by atoms with E-state index >= 15 is 0 Å². The van der Waals surface area contributed by atoms with E-state index in [1.165, 1.54) is 19.3 Å². The number of rotatable bonds is 5. The van der Waals surface area contributed by atoms with E-state index in [2.05, 4.69) is 41.0 Å². The number of aromatic amines is 1. The molecule has 1 aromatic carbocycles. The molecule has 1 saturated heterocycles. The molecule has 2 fully saturated rings. The molecule has 1 aliphatic carbocycles. The van der Waals surface area contributed by atoms with Crippen molar-refractivity contribution in [3.8, 4) is 17.1 Å². The summed E-state index contributed by atoms with van der Waals surface area (Å²) in [5.41, 5.74) is 3.87. The number of aromatic nitrogens is 4. The molecule has 0 radical (unpaired) electrons. The highest BCUT2D eigenvalue weighted by atomic mass is 16.5. The average Bonchev–Trinajstić information content (AvgIpc) is 3.21. The highest BCUT2D eigenvalue weighted by molar-refractivity contribution is 5.80. The molecule has 2 aliphatic rings. The molecule has 1 N–H and O–H groups in total. The maximum atomic E-state index is 13.2. The van der Waals surface area contributed by atoms with Crippen LogP contribution in [-0.4, -0.2) is 65.0 Å². The van der Waals surface area contributed by atoms with Crippen LogP contribution in [0.15, 0.2) is 23.0 Å². The van der Waals surface area contributed by atoms with Crippen molar-refractivity contribution in [3.05, 3.63) is 34.2 Å². The fraction of sp³-hybridized carbons (Fsp3) is 0.577. The van der Waals surface area contributed by atoms with Gasteiger partial charge in [-0.05, 0) is 58.8 Å². The number of nitrogens with zero attached hydrogens (tertiary/aromatic N) is 5. The zero-order valence-corrected chi connectivity index (χ0v) is 20.8. The quantitative estimate of drug-likeness (QED) is 0.611. The fourth-order valence-corrected chi connectivity index (χ4v) is 5.62. The second-order valence-corrected chi connectivity index (χ2v) is 10.00. The van der Waals surface area contributed by atoms with Crippen molar-refractivity contribution < 1.29 is 4.74 Å². The van der Waals surface area contributed by atoms with Crippen molar-refractivity contribution in [2.45, 2.75) is 64.0 Å². The molecule has 3 aromatic rings. The van der Waals surface area contributed by atoms with Crippen LogP contribution in [-0.2, 0) is 0 Å². The summed E-state index contributed by atoms with van der Waals surface area (Å²) in [7, 11) is 5.98. The van der Waals surface area contributed by atoms with Gasteiger partial charge in [0.15, 0.2) is 5.52 Å². The van der Waals surface area contributed by atoms with Crippen LogP contribution in [0.1, 0.15) is 56.7 Å². The molecule has 182 valence electrons. The van der Waals surface area contributed by atoms with Gasteiger partial charge >= 0.3 is 0 Å². The van der Waals surface area contributed by atoms with Gasteiger partial charge in [0.05, 0.1) is 24.4 Å². The first kappa shape index (κ1) is 22.9. The molecule has 0 amide bonds. The van der Waals surface area contributed by atoms with Crippen LogP contribution in [0, 0.1) is 6.92 Å². The number of fused-ring (bicyclic) bond motifs is 1. The Kier molecular flexibility index (Phi) is 6.34. The van der Waals surface area contributed by atoms with Crippen molar-refractivity contribution in [1.29, 1.82) is 0 Å². The van der Waals surface area contributed by atoms with Gasteiger partial charge in [0.2, 0.25) is 0 Å². The zero-order chi connectivity index (χ0) is 23.8. The maximum Gasteiger partial charge on any atom is 0.277 e. The maximum absolute atomic E-state index is 13.2. The number of methoxy groups -OCH3 is 1. The Labute approximate surface area is 200 Å². The Hall–Kier alpha value is -2.87. The molecule has 2 aromatic heterocycles. The SMILES string of the molecule is COc1cc(N2CCC(N(C)C)CC2)ccc1-c1nc2c(C)nn(C3CCCCC3)c2c(=O)[nH]1. The van der Waals surface area contributed by atoms with Crippen LogP contribution < -0.4 is 15.2 Å². The van der Waals surface area contributed by atoms with Crippen LogP contribution >= 0.6 is 0 Å². The van der Waals surface area contributed by atoms with Crippen LogP contribution in [0.2, 0.25) is 0 Å². The molecular weight excluding hydrogens is 428 g/mol. The van der Waals surface area contributed by atoms with E-state index in [9.17, 15) is 4.79 Å². The van der Waals surface area contributed by atoms with Gasteiger partial charge in [0.25, 0.3) is 5.56 Å². The summed E-state index contributed by atoms with van der Waals surface area (Å²) in [6.07, 6.45) is 8.06. The van der Waals surface area contributed by atoms with E-state index < -0.39 is 0 Å². The van der Waals surface area contributed by atoms with Gasteiger partial charge in [-0.1, -0.05) is 19.3 Å². The van der Waals surface area contributed by atoms with E-state index in [0.29, 0.717) is 28.6 Å². The third-order valence-corrected chi connectivity index (χ3v) is 7.65. The van der Waals surface area contributed by atoms with E-state index in [1.54, 1.807) is 7.11 Å². The summed E-state index contributed by atoms with van der Waals surface area (Å²) in [6, 6.07) is 7.10. The molecule has 0 bridgehead atoms. The molecule has 3 heterocycles. The van der Waals surface area contributed by atoms with Crippen LogP contribution in [0.3, 0.4) is 0 Å². The number of aryl methyl sites for hydroxylation is 1. The lowest BCUT2D eigenvalue weighted by molar-refractivity contribution is 0.249. The summed E-state index contributed by atoms with van der Waals surface area (Å²) >= 11 is 0. The van der Waals surface area contributed by atoms with Crippen molar-refractivity contribution in [2.75, 3.05) is 39.2 Å². The summed E-state index contributed by atoms with van der Waals surface area (Å²) in [5.74, 6) is 1.24. The predicted molar refractivity (Wildman–Crippen MR) is 136 cm³/mol. The molecule has 0 atom stereocenters. The van der Waals surface area contributed by atoms with Crippen molar-refractivity contribution >= 4 is 16.7 Å². The Morgan fingerprint density at radius 3 is 2.50 bits per heavy atom. The highest BCUT2D eigenvalue weighted by Gasteiger charge is 2.24. The first-order valence-electron chi connectivity index (χ1n) is 12.5. The van der Waals surface area contributed by atoms with Gasteiger partial charge in [-0.2, -0.15) is 5.10 Å². The van der Waals surface area contributed by atoms with Crippen molar-refractivity contribution in [3.63, 3.8) is 0 Å². The Bertz CT molecular complexity index is 1220. The number of benzene rings is 1. The number of H-pyrrole nitrogens is 1. The second kappa shape index (κ2) is 9.41. The Balaban J connectivity index is 1.47. The van der Waals surface area contributed by atoms with Gasteiger partial charge in [0, 0.05) is 30.9 Å². The molecule has 8 nitrogen and oxygen atoms in total. The molecule has 0 spiro atoms. The number of anilines is 1. The molecule has 5 rings (SSSR count). The number of piperidine rings is 1. The van der Waals surface area contributed by atoms with Gasteiger partial charge < -0.3 is 19.5 Å². The Morgan fingerprint density at radius 1 is 1.09 bits per heavy atom. The van der Waals surface area contributed by atoms with Crippen molar-refractivity contribution in [1.82, 2.24) is 24.6 Å². The standard InChI is InChI=1S/C26H36N6O2/c1-17-23-24(32(29-17)19-8-6-5-7-9-19)26(33)28-25(27-23)21-11-10-20(16-22(21)34-4)31-14-12-18(13-15-31)30(2)3/h10-11,16,18-19H,5-9,12-15H2,1-4H3,(H,27,28,33). The fourth-order valence-electron chi connectivity index (χ4n) is 5.62. The minimum Gasteiger partial charge on any atom is -0.496 e. The van der Waals surface area contributed by atoms with Crippen LogP contribution in [0.5, 0.6) is 5.75 Å². The summed E-state index contributed by atoms with van der Waals surface area (Å²) in [4.78, 5) is 25.9.